The van der Waals surface area contributed by atoms with Gasteiger partial charge in [-0.15, -0.1) is 0 Å². The molecule has 0 aliphatic heterocycles. The number of carboxylic acid groups (broad SMARTS) is 2. The summed E-state index contributed by atoms with van der Waals surface area (Å²) < 4.78 is 21.3. The van der Waals surface area contributed by atoms with Gasteiger partial charge in [0.25, 0.3) is 0 Å². The number of phosphoric ester groups is 1. The van der Waals surface area contributed by atoms with Crippen LogP contribution in [0.4, 0.5) is 14.4 Å². The second-order valence-corrected chi connectivity index (χ2v) is 3.01. The topological polar surface area (TPSA) is 162 Å². The first-order valence-electron chi connectivity index (χ1n) is 2.69. The maximum Gasteiger partial charge on any atom is 0.659 e. The third-order valence-electron chi connectivity index (χ3n) is 0.582. The molecule has 0 atom stereocenters. The summed E-state index contributed by atoms with van der Waals surface area (Å²) in [5, 5.41) is 16.0. The van der Waals surface area contributed by atoms with Crippen LogP contribution in [0.5, 0.6) is 0 Å². The van der Waals surface area contributed by atoms with E-state index in [1.807, 2.05) is 0 Å². The van der Waals surface area contributed by atoms with E-state index in [1.165, 1.54) is 0 Å². The van der Waals surface area contributed by atoms with Gasteiger partial charge in [0.2, 0.25) is 0 Å². The average Bonchev–Trinajstić information content (AvgIpc) is 1.76. The highest BCUT2D eigenvalue weighted by atomic mass is 31.2. The van der Waals surface area contributed by atoms with Crippen molar-refractivity contribution in [2.24, 2.45) is 5.73 Å². The molecule has 1 amide bonds. The minimum Gasteiger partial charge on any atom is -0.449 e. The van der Waals surface area contributed by atoms with Gasteiger partial charge in [-0.25, -0.2) is 14.4 Å². The van der Waals surface area contributed by atoms with Crippen LogP contribution >= 0.6 is 7.82 Å². The fraction of sp³-hybridized carbons (Fsp3) is 0. The number of carbonyl (C=O) groups excluding carboxylic acids is 1. The van der Waals surface area contributed by atoms with Crippen LogP contribution in [0.15, 0.2) is 0 Å². The van der Waals surface area contributed by atoms with Crippen LogP contribution in [0, 0.1) is 0 Å². The maximum atomic E-state index is 10.9. The Bertz CT molecular complexity index is 262. The fourth-order valence-corrected chi connectivity index (χ4v) is 1.07. The molecule has 10 nitrogen and oxygen atoms in total. The summed E-state index contributed by atoms with van der Waals surface area (Å²) in [7, 11) is -5.06. The molecule has 14 heavy (non-hydrogen) atoms. The van der Waals surface area contributed by atoms with Crippen LogP contribution in [0.3, 0.4) is 0 Å². The van der Waals surface area contributed by atoms with E-state index in [4.69, 9.17) is 10.2 Å². The second-order valence-electron chi connectivity index (χ2n) is 1.57. The molecule has 0 fully saturated rings. The molecule has 80 valence electrons. The molecule has 0 bridgehead atoms. The average molecular weight is 229 g/mol. The first-order valence-corrected chi connectivity index (χ1v) is 4.15. The highest BCUT2D eigenvalue weighted by molar-refractivity contribution is 7.50. The molecule has 0 aromatic heterocycles. The maximum absolute atomic E-state index is 10.9. The standard InChI is InChI=1S/C3H4NO9P/c4-1(5)11-14(10,12-2(6)7)13-3(8)9/h(H2,4,5)(H,6,7)(H,8,9). The molecule has 0 unspecified atom stereocenters. The van der Waals surface area contributed by atoms with Crippen LogP contribution in [-0.2, 0) is 18.1 Å². The number of nitrogens with two attached hydrogens (primary N) is 1. The number of rotatable bonds is 3. The van der Waals surface area contributed by atoms with E-state index in [0.717, 1.165) is 0 Å². The van der Waals surface area contributed by atoms with Crippen molar-refractivity contribution in [1.82, 2.24) is 0 Å². The minimum absolute atomic E-state index is 1.71. The van der Waals surface area contributed by atoms with Gasteiger partial charge in [0, 0.05) is 0 Å². The lowest BCUT2D eigenvalue weighted by Gasteiger charge is -2.10. The molecule has 0 aliphatic carbocycles. The number of amides is 1. The summed E-state index contributed by atoms with van der Waals surface area (Å²) in [6, 6.07) is 0. The van der Waals surface area contributed by atoms with Crippen LogP contribution in [0.2, 0.25) is 0 Å². The Balaban J connectivity index is 4.66. The lowest BCUT2D eigenvalue weighted by molar-refractivity contribution is 0.0975. The largest absolute Gasteiger partial charge is 0.659 e. The smallest absolute Gasteiger partial charge is 0.449 e. The third kappa shape index (κ3) is 4.83. The van der Waals surface area contributed by atoms with Gasteiger partial charge in [0.15, 0.2) is 0 Å². The van der Waals surface area contributed by atoms with E-state index in [9.17, 15) is 18.9 Å². The molecule has 0 saturated carbocycles. The summed E-state index contributed by atoms with van der Waals surface area (Å²) in [5.41, 5.74) is 4.35. The van der Waals surface area contributed by atoms with E-state index < -0.39 is 26.2 Å². The number of primary amides is 1. The van der Waals surface area contributed by atoms with Gasteiger partial charge in [0.1, 0.15) is 0 Å². The molecule has 0 rings (SSSR count). The van der Waals surface area contributed by atoms with Gasteiger partial charge in [-0.3, -0.25) is 0 Å². The van der Waals surface area contributed by atoms with Crippen molar-refractivity contribution in [2.45, 2.75) is 0 Å². The van der Waals surface area contributed by atoms with Crippen molar-refractivity contribution >= 4 is 26.2 Å². The Hall–Kier alpha value is -1.96. The van der Waals surface area contributed by atoms with Crippen molar-refractivity contribution in [3.8, 4) is 0 Å². The van der Waals surface area contributed by atoms with E-state index in [1.54, 1.807) is 0 Å². The Kier molecular flexibility index (Phi) is 3.72. The van der Waals surface area contributed by atoms with Crippen LogP contribution in [0.1, 0.15) is 0 Å². The molecule has 0 spiro atoms. The Labute approximate surface area is 75.8 Å². The summed E-state index contributed by atoms with van der Waals surface area (Å²) in [6.07, 6.45) is -6.03. The number of carbonyl (C=O) groups is 3. The molecule has 0 heterocycles. The summed E-state index contributed by atoms with van der Waals surface area (Å²) in [5.74, 6) is 0. The number of phosphoric acid groups is 1. The normalized spacial score (nSPS) is 10.0. The Morgan fingerprint density at radius 2 is 1.36 bits per heavy atom. The molecule has 0 aromatic carbocycles. The van der Waals surface area contributed by atoms with Crippen molar-refractivity contribution in [3.05, 3.63) is 0 Å². The lowest BCUT2D eigenvalue weighted by Crippen LogP contribution is -2.16. The van der Waals surface area contributed by atoms with Crippen molar-refractivity contribution in [3.63, 3.8) is 0 Å². The second kappa shape index (κ2) is 4.33. The highest BCUT2D eigenvalue weighted by Gasteiger charge is 2.39. The molecule has 0 saturated heterocycles. The SMILES string of the molecule is NC(=O)OP(=O)(OC(=O)O)OC(=O)O. The van der Waals surface area contributed by atoms with Crippen molar-refractivity contribution < 1.29 is 42.7 Å². The predicted molar refractivity (Wildman–Crippen MR) is 36.5 cm³/mol. The van der Waals surface area contributed by atoms with Gasteiger partial charge < -0.3 is 29.5 Å². The number of hydrogen-bond donors (Lipinski definition) is 3. The number of hydrogen-bond acceptors (Lipinski definition) is 7. The summed E-state index contributed by atoms with van der Waals surface area (Å²) >= 11 is 0. The predicted octanol–water partition coefficient (Wildman–Crippen LogP) is 0.579. The summed E-state index contributed by atoms with van der Waals surface area (Å²) in [4.78, 5) is 29.8. The molecule has 0 radical (unpaired) electrons. The monoisotopic (exact) mass is 229 g/mol. The molecule has 11 heteroatoms. The van der Waals surface area contributed by atoms with E-state index >= 15 is 0 Å². The van der Waals surface area contributed by atoms with Gasteiger partial charge in [-0.1, -0.05) is 0 Å². The third-order valence-corrected chi connectivity index (χ3v) is 1.74. The van der Waals surface area contributed by atoms with E-state index in [2.05, 4.69) is 19.3 Å². The van der Waals surface area contributed by atoms with Gasteiger partial charge in [0.05, 0.1) is 0 Å². The summed E-state index contributed by atoms with van der Waals surface area (Å²) in [6.45, 7) is 0. The zero-order valence-electron chi connectivity index (χ0n) is 6.28. The zero-order valence-corrected chi connectivity index (χ0v) is 7.17. The molecule has 0 aromatic rings. The van der Waals surface area contributed by atoms with Gasteiger partial charge in [-0.05, 0) is 0 Å². The van der Waals surface area contributed by atoms with Crippen LogP contribution < -0.4 is 5.73 Å². The molecular weight excluding hydrogens is 225 g/mol. The lowest BCUT2D eigenvalue weighted by atomic mass is 11.3. The highest BCUT2D eigenvalue weighted by Crippen LogP contribution is 2.49. The zero-order chi connectivity index (χ0) is 11.4. The Morgan fingerprint density at radius 3 is 1.57 bits per heavy atom. The van der Waals surface area contributed by atoms with E-state index in [-0.39, 0.29) is 0 Å². The molecule has 4 N–H and O–H groups in total. The van der Waals surface area contributed by atoms with Gasteiger partial charge in [-0.2, -0.15) is 4.57 Å². The van der Waals surface area contributed by atoms with E-state index in [0.29, 0.717) is 0 Å². The minimum atomic E-state index is -5.06. The fourth-order valence-electron chi connectivity index (χ4n) is 0.357. The molecular formula is C3H4NO9P. The first-order chi connectivity index (χ1) is 6.25. The van der Waals surface area contributed by atoms with Crippen molar-refractivity contribution in [1.29, 1.82) is 0 Å². The van der Waals surface area contributed by atoms with Gasteiger partial charge >= 0.3 is 26.2 Å². The van der Waals surface area contributed by atoms with Crippen LogP contribution in [0.25, 0.3) is 0 Å². The van der Waals surface area contributed by atoms with Crippen molar-refractivity contribution in [2.75, 3.05) is 0 Å². The first kappa shape index (κ1) is 12.0. The molecule has 0 aliphatic rings. The Morgan fingerprint density at radius 1 is 1.00 bits per heavy atom. The van der Waals surface area contributed by atoms with Crippen LogP contribution in [-0.4, -0.2) is 28.6 Å². The quantitative estimate of drug-likeness (QED) is 0.587.